The second-order valence-electron chi connectivity index (χ2n) is 5.46. The van der Waals surface area contributed by atoms with Gasteiger partial charge >= 0.3 is 5.97 Å². The summed E-state index contributed by atoms with van der Waals surface area (Å²) in [6.07, 6.45) is 10.5. The van der Waals surface area contributed by atoms with Crippen LogP contribution in [0, 0.1) is 0 Å². The molecule has 1 rings (SSSR count). The summed E-state index contributed by atoms with van der Waals surface area (Å²) >= 11 is 0. The van der Waals surface area contributed by atoms with Crippen LogP contribution in [0.3, 0.4) is 0 Å². The van der Waals surface area contributed by atoms with Crippen molar-refractivity contribution >= 4 is 5.97 Å². The van der Waals surface area contributed by atoms with E-state index in [1.807, 2.05) is 0 Å². The van der Waals surface area contributed by atoms with Crippen LogP contribution in [0.5, 0.6) is 5.75 Å². The molecule has 0 amide bonds. The number of unbranched alkanes of at least 4 members (excludes halogenated alkanes) is 6. The van der Waals surface area contributed by atoms with E-state index in [4.69, 9.17) is 9.47 Å². The van der Waals surface area contributed by atoms with Gasteiger partial charge in [0.2, 0.25) is 0 Å². The van der Waals surface area contributed by atoms with Crippen LogP contribution in [0.4, 0.5) is 0 Å². The molecule has 0 radical (unpaired) electrons. The van der Waals surface area contributed by atoms with Gasteiger partial charge in [-0.1, -0.05) is 52.4 Å². The zero-order valence-electron chi connectivity index (χ0n) is 14.0. The Morgan fingerprint density at radius 3 is 2.36 bits per heavy atom. The van der Waals surface area contributed by atoms with Gasteiger partial charge in [-0.3, -0.25) is 0 Å². The van der Waals surface area contributed by atoms with E-state index in [1.165, 1.54) is 25.7 Å². The van der Waals surface area contributed by atoms with Crippen LogP contribution >= 0.6 is 0 Å². The van der Waals surface area contributed by atoms with Crippen LogP contribution in [-0.4, -0.2) is 24.2 Å². The largest absolute Gasteiger partial charge is 0.491 e. The molecule has 0 aromatic carbocycles. The summed E-state index contributed by atoms with van der Waals surface area (Å²) in [6.45, 7) is 5.40. The molecule has 0 aliphatic heterocycles. The van der Waals surface area contributed by atoms with Crippen molar-refractivity contribution < 1.29 is 14.3 Å². The number of ether oxygens (including phenoxy) is 2. The number of carbonyl (C=O) groups excluding carboxylic acids is 1. The molecule has 0 saturated carbocycles. The Labute approximate surface area is 134 Å². The molecule has 4 nitrogen and oxygen atoms in total. The van der Waals surface area contributed by atoms with Crippen LogP contribution < -0.4 is 4.74 Å². The maximum atomic E-state index is 12.1. The Balaban J connectivity index is 2.39. The van der Waals surface area contributed by atoms with Crippen LogP contribution in [0.1, 0.15) is 75.7 Å². The molecule has 0 aliphatic rings. The zero-order valence-corrected chi connectivity index (χ0v) is 14.0. The predicted molar refractivity (Wildman–Crippen MR) is 88.3 cm³/mol. The summed E-state index contributed by atoms with van der Waals surface area (Å²) in [5, 5.41) is 0. The molecule has 0 saturated heterocycles. The fourth-order valence-electron chi connectivity index (χ4n) is 2.13. The van der Waals surface area contributed by atoms with Crippen molar-refractivity contribution in [2.45, 2.75) is 65.2 Å². The quantitative estimate of drug-likeness (QED) is 0.412. The second-order valence-corrected chi connectivity index (χ2v) is 5.46. The molecule has 0 aliphatic carbocycles. The van der Waals surface area contributed by atoms with Gasteiger partial charge in [-0.25, -0.2) is 9.78 Å². The summed E-state index contributed by atoms with van der Waals surface area (Å²) in [6, 6.07) is 3.56. The summed E-state index contributed by atoms with van der Waals surface area (Å²) in [5.41, 5.74) is 0.286. The topological polar surface area (TPSA) is 48.4 Å². The van der Waals surface area contributed by atoms with Gasteiger partial charge in [-0.15, -0.1) is 0 Å². The van der Waals surface area contributed by atoms with Crippen molar-refractivity contribution in [1.29, 1.82) is 0 Å². The molecule has 1 aromatic rings. The van der Waals surface area contributed by atoms with Crippen molar-refractivity contribution in [2.24, 2.45) is 0 Å². The molecular weight excluding hydrogens is 278 g/mol. The molecule has 1 aromatic heterocycles. The Bertz CT molecular complexity index is 421. The Morgan fingerprint density at radius 1 is 1.00 bits per heavy atom. The highest BCUT2D eigenvalue weighted by atomic mass is 16.5. The van der Waals surface area contributed by atoms with Gasteiger partial charge in [0.1, 0.15) is 0 Å². The van der Waals surface area contributed by atoms with E-state index < -0.39 is 0 Å². The van der Waals surface area contributed by atoms with Crippen LogP contribution in [-0.2, 0) is 4.74 Å². The first-order valence-corrected chi connectivity index (χ1v) is 8.54. The van der Waals surface area contributed by atoms with E-state index in [9.17, 15) is 4.79 Å². The lowest BCUT2D eigenvalue weighted by molar-refractivity contribution is 0.0485. The smallest absolute Gasteiger partial charge is 0.360 e. The molecule has 1 heterocycles. The summed E-state index contributed by atoms with van der Waals surface area (Å²) in [5.74, 6) is 0.137. The van der Waals surface area contributed by atoms with Crippen molar-refractivity contribution in [3.05, 3.63) is 24.0 Å². The summed E-state index contributed by atoms with van der Waals surface area (Å²) in [4.78, 5) is 16.2. The Morgan fingerprint density at radius 2 is 1.68 bits per heavy atom. The minimum Gasteiger partial charge on any atom is -0.491 e. The molecule has 0 unspecified atom stereocenters. The first-order chi connectivity index (χ1) is 10.8. The van der Waals surface area contributed by atoms with Gasteiger partial charge in [0.05, 0.1) is 13.2 Å². The maximum Gasteiger partial charge on any atom is 0.360 e. The Hall–Kier alpha value is -1.58. The second kappa shape index (κ2) is 12.0. The Kier molecular flexibility index (Phi) is 10.1. The van der Waals surface area contributed by atoms with E-state index in [0.717, 1.165) is 25.7 Å². The molecular formula is C18H29NO3. The number of rotatable bonds is 12. The number of esters is 1. The van der Waals surface area contributed by atoms with Crippen molar-refractivity contribution in [3.63, 3.8) is 0 Å². The SMILES string of the molecule is CCCCCCOC(=O)c1ncccc1OCCCCCC. The van der Waals surface area contributed by atoms with Gasteiger partial charge in [-0.05, 0) is 25.0 Å². The van der Waals surface area contributed by atoms with Crippen molar-refractivity contribution in [1.82, 2.24) is 4.98 Å². The van der Waals surface area contributed by atoms with E-state index in [-0.39, 0.29) is 11.7 Å². The predicted octanol–water partition coefficient (Wildman–Crippen LogP) is 4.78. The maximum absolute atomic E-state index is 12.1. The highest BCUT2D eigenvalue weighted by Gasteiger charge is 2.15. The molecule has 0 atom stereocenters. The number of aromatic nitrogens is 1. The number of hydrogen-bond donors (Lipinski definition) is 0. The van der Waals surface area contributed by atoms with Gasteiger partial charge in [0.25, 0.3) is 0 Å². The lowest BCUT2D eigenvalue weighted by atomic mass is 10.2. The average Bonchev–Trinajstić information content (AvgIpc) is 2.54. The highest BCUT2D eigenvalue weighted by Crippen LogP contribution is 2.17. The van der Waals surface area contributed by atoms with Crippen molar-refractivity contribution in [2.75, 3.05) is 13.2 Å². The fraction of sp³-hybridized carbons (Fsp3) is 0.667. The lowest BCUT2D eigenvalue weighted by Crippen LogP contribution is -2.11. The molecule has 4 heteroatoms. The zero-order chi connectivity index (χ0) is 16.0. The van der Waals surface area contributed by atoms with E-state index in [0.29, 0.717) is 19.0 Å². The molecule has 22 heavy (non-hydrogen) atoms. The van der Waals surface area contributed by atoms with Crippen LogP contribution in [0.15, 0.2) is 18.3 Å². The van der Waals surface area contributed by atoms with Crippen molar-refractivity contribution in [3.8, 4) is 5.75 Å². The lowest BCUT2D eigenvalue weighted by Gasteiger charge is -2.10. The normalized spacial score (nSPS) is 10.5. The standard InChI is InChI=1S/C18H29NO3/c1-3-5-7-9-14-21-16-12-11-13-19-17(16)18(20)22-15-10-8-6-4-2/h11-13H,3-10,14-15H2,1-2H3. The summed E-state index contributed by atoms with van der Waals surface area (Å²) < 4.78 is 11.0. The minimum atomic E-state index is -0.388. The number of nitrogens with zero attached hydrogens (tertiary/aromatic N) is 1. The summed E-state index contributed by atoms with van der Waals surface area (Å²) in [7, 11) is 0. The number of carbonyl (C=O) groups is 1. The highest BCUT2D eigenvalue weighted by molar-refractivity contribution is 5.90. The van der Waals surface area contributed by atoms with Gasteiger partial charge in [0.15, 0.2) is 11.4 Å². The van der Waals surface area contributed by atoms with E-state index in [2.05, 4.69) is 18.8 Å². The van der Waals surface area contributed by atoms with Gasteiger partial charge < -0.3 is 9.47 Å². The van der Waals surface area contributed by atoms with Crippen LogP contribution in [0.25, 0.3) is 0 Å². The van der Waals surface area contributed by atoms with E-state index >= 15 is 0 Å². The molecule has 0 fully saturated rings. The minimum absolute atomic E-state index is 0.286. The average molecular weight is 307 g/mol. The third-order valence-corrected chi connectivity index (χ3v) is 3.45. The monoisotopic (exact) mass is 307 g/mol. The molecule has 124 valence electrons. The third-order valence-electron chi connectivity index (χ3n) is 3.45. The van der Waals surface area contributed by atoms with Gasteiger partial charge in [0, 0.05) is 6.20 Å². The first kappa shape index (κ1) is 18.5. The molecule has 0 spiro atoms. The first-order valence-electron chi connectivity index (χ1n) is 8.54. The molecule has 0 bridgehead atoms. The van der Waals surface area contributed by atoms with Gasteiger partial charge in [-0.2, -0.15) is 0 Å². The van der Waals surface area contributed by atoms with Crippen LogP contribution in [0.2, 0.25) is 0 Å². The number of pyridine rings is 1. The fourth-order valence-corrected chi connectivity index (χ4v) is 2.13. The van der Waals surface area contributed by atoms with E-state index in [1.54, 1.807) is 18.3 Å². The third kappa shape index (κ3) is 7.43. The number of hydrogen-bond acceptors (Lipinski definition) is 4. The molecule has 0 N–H and O–H groups in total.